The summed E-state index contributed by atoms with van der Waals surface area (Å²) in [6, 6.07) is 10.9. The van der Waals surface area contributed by atoms with Gasteiger partial charge in [0, 0.05) is 23.6 Å². The van der Waals surface area contributed by atoms with Crippen molar-refractivity contribution in [1.29, 1.82) is 0 Å². The fourth-order valence-electron chi connectivity index (χ4n) is 2.52. The van der Waals surface area contributed by atoms with E-state index in [-0.39, 0.29) is 12.3 Å². The lowest BCUT2D eigenvalue weighted by atomic mass is 9.96. The van der Waals surface area contributed by atoms with Crippen LogP contribution in [-0.4, -0.2) is 30.3 Å². The van der Waals surface area contributed by atoms with Gasteiger partial charge in [-0.05, 0) is 32.6 Å². The molecule has 0 bridgehead atoms. The van der Waals surface area contributed by atoms with E-state index in [0.717, 1.165) is 5.69 Å². The van der Waals surface area contributed by atoms with Gasteiger partial charge < -0.3 is 5.32 Å². The van der Waals surface area contributed by atoms with Gasteiger partial charge in [0.2, 0.25) is 0 Å². The molecule has 4 heteroatoms. The minimum Gasteiger partial charge on any atom is -0.357 e. The molecule has 1 aromatic heterocycles. The number of hydrogen-bond donors (Lipinski definition) is 2. The summed E-state index contributed by atoms with van der Waals surface area (Å²) in [5.41, 5.74) is 4.87. The molecule has 0 aliphatic carbocycles. The highest BCUT2D eigenvalue weighted by molar-refractivity contribution is 5.56. The molecule has 4 nitrogen and oxygen atoms in total. The number of aryl methyl sites for hydroxylation is 1. The van der Waals surface area contributed by atoms with Gasteiger partial charge >= 0.3 is 0 Å². The number of aromatic nitrogens is 1. The lowest BCUT2D eigenvalue weighted by molar-refractivity contribution is 0.253. The summed E-state index contributed by atoms with van der Waals surface area (Å²) in [5.74, 6) is 0. The second-order valence-electron chi connectivity index (χ2n) is 5.48. The summed E-state index contributed by atoms with van der Waals surface area (Å²) in [6.07, 6.45) is 3.87. The zero-order valence-electron chi connectivity index (χ0n) is 12.1. The van der Waals surface area contributed by atoms with Crippen molar-refractivity contribution in [3.8, 4) is 0 Å². The first-order valence-corrected chi connectivity index (χ1v) is 6.84. The minimum atomic E-state index is 0.108. The molecule has 104 valence electrons. The van der Waals surface area contributed by atoms with Crippen LogP contribution in [0, 0.1) is 6.92 Å². The number of benzene rings is 1. The molecule has 2 unspecified atom stereocenters. The molecule has 2 heterocycles. The van der Waals surface area contributed by atoms with E-state index in [1.807, 2.05) is 18.5 Å². The van der Waals surface area contributed by atoms with Crippen molar-refractivity contribution in [2.75, 3.05) is 19.4 Å². The molecule has 2 N–H and O–H groups in total. The Morgan fingerprint density at radius 1 is 1.10 bits per heavy atom. The van der Waals surface area contributed by atoms with Gasteiger partial charge in [-0.25, -0.2) is 0 Å². The molecule has 1 aliphatic heterocycles. The van der Waals surface area contributed by atoms with Crippen LogP contribution in [-0.2, 0) is 0 Å². The fourth-order valence-corrected chi connectivity index (χ4v) is 2.52. The topological polar surface area (TPSA) is 40.2 Å². The Morgan fingerprint density at radius 3 is 2.55 bits per heavy atom. The van der Waals surface area contributed by atoms with Crippen LogP contribution >= 0.6 is 0 Å². The predicted octanol–water partition coefficient (Wildman–Crippen LogP) is 2.34. The lowest BCUT2D eigenvalue weighted by Crippen LogP contribution is -2.51. The van der Waals surface area contributed by atoms with E-state index >= 15 is 0 Å². The van der Waals surface area contributed by atoms with Gasteiger partial charge in [0.15, 0.2) is 0 Å². The summed E-state index contributed by atoms with van der Waals surface area (Å²) >= 11 is 0. The van der Waals surface area contributed by atoms with Gasteiger partial charge in [-0.2, -0.15) is 0 Å². The second kappa shape index (κ2) is 5.23. The van der Waals surface area contributed by atoms with Crippen LogP contribution in [0.5, 0.6) is 0 Å². The largest absolute Gasteiger partial charge is 0.357 e. The molecule has 1 aromatic carbocycles. The van der Waals surface area contributed by atoms with Crippen LogP contribution in [0.4, 0.5) is 5.69 Å². The number of nitrogens with zero attached hydrogens (tertiary/aromatic N) is 2. The van der Waals surface area contributed by atoms with Gasteiger partial charge in [0.05, 0.1) is 6.04 Å². The SMILES string of the molecule is Cc1ccc(C2NC(N(C)C)Nc3ccncc32)cc1. The predicted molar refractivity (Wildman–Crippen MR) is 81.5 cm³/mol. The molecule has 0 saturated heterocycles. The van der Waals surface area contributed by atoms with Gasteiger partial charge in [0.25, 0.3) is 0 Å². The highest BCUT2D eigenvalue weighted by Gasteiger charge is 2.27. The Labute approximate surface area is 119 Å². The minimum absolute atomic E-state index is 0.108. The van der Waals surface area contributed by atoms with Crippen LogP contribution in [0.3, 0.4) is 0 Å². The molecule has 2 atom stereocenters. The average Bonchev–Trinajstić information content (AvgIpc) is 2.47. The normalized spacial score (nSPS) is 21.4. The number of hydrogen-bond acceptors (Lipinski definition) is 4. The lowest BCUT2D eigenvalue weighted by Gasteiger charge is -2.37. The average molecular weight is 268 g/mol. The summed E-state index contributed by atoms with van der Waals surface area (Å²) < 4.78 is 0. The van der Waals surface area contributed by atoms with Crippen LogP contribution in [0.2, 0.25) is 0 Å². The maximum Gasteiger partial charge on any atom is 0.135 e. The zero-order chi connectivity index (χ0) is 14.1. The Kier molecular flexibility index (Phi) is 3.42. The third-order valence-electron chi connectivity index (χ3n) is 3.71. The molecular weight excluding hydrogens is 248 g/mol. The van der Waals surface area contributed by atoms with E-state index in [4.69, 9.17) is 0 Å². The van der Waals surface area contributed by atoms with Crippen LogP contribution < -0.4 is 10.6 Å². The highest BCUT2D eigenvalue weighted by Crippen LogP contribution is 2.32. The first kappa shape index (κ1) is 13.1. The molecule has 1 aliphatic rings. The number of nitrogens with one attached hydrogen (secondary N) is 2. The Morgan fingerprint density at radius 2 is 1.85 bits per heavy atom. The smallest absolute Gasteiger partial charge is 0.135 e. The van der Waals surface area contributed by atoms with Gasteiger partial charge in [-0.3, -0.25) is 15.2 Å². The first-order valence-electron chi connectivity index (χ1n) is 6.84. The van der Waals surface area contributed by atoms with E-state index in [2.05, 4.69) is 65.8 Å². The molecule has 0 radical (unpaired) electrons. The van der Waals surface area contributed by atoms with E-state index in [0.29, 0.717) is 0 Å². The van der Waals surface area contributed by atoms with E-state index < -0.39 is 0 Å². The van der Waals surface area contributed by atoms with E-state index in [1.165, 1.54) is 16.7 Å². The van der Waals surface area contributed by atoms with Crippen LogP contribution in [0.15, 0.2) is 42.7 Å². The maximum atomic E-state index is 4.27. The van der Waals surface area contributed by atoms with Crippen molar-refractivity contribution >= 4 is 5.69 Å². The molecule has 0 spiro atoms. The molecule has 0 saturated carbocycles. The molecule has 0 fully saturated rings. The second-order valence-corrected chi connectivity index (χ2v) is 5.48. The molecule has 0 amide bonds. The van der Waals surface area contributed by atoms with E-state index in [1.54, 1.807) is 0 Å². The number of pyridine rings is 1. The number of rotatable bonds is 2. The monoisotopic (exact) mass is 268 g/mol. The van der Waals surface area contributed by atoms with Crippen LogP contribution in [0.1, 0.15) is 22.7 Å². The molecule has 2 aromatic rings. The number of anilines is 1. The van der Waals surface area contributed by atoms with Gasteiger partial charge in [-0.1, -0.05) is 29.8 Å². The molecule has 20 heavy (non-hydrogen) atoms. The molecule has 3 rings (SSSR count). The number of fused-ring (bicyclic) bond motifs is 1. The van der Waals surface area contributed by atoms with Crippen molar-refractivity contribution < 1.29 is 0 Å². The Balaban J connectivity index is 2.02. The van der Waals surface area contributed by atoms with E-state index in [9.17, 15) is 0 Å². The summed E-state index contributed by atoms with van der Waals surface area (Å²) in [5, 5.41) is 7.10. The van der Waals surface area contributed by atoms with Crippen molar-refractivity contribution in [2.45, 2.75) is 19.3 Å². The Hall–Kier alpha value is -1.91. The van der Waals surface area contributed by atoms with Gasteiger partial charge in [-0.15, -0.1) is 0 Å². The summed E-state index contributed by atoms with van der Waals surface area (Å²) in [4.78, 5) is 6.40. The maximum absolute atomic E-state index is 4.27. The first-order chi connectivity index (χ1) is 9.65. The highest BCUT2D eigenvalue weighted by atomic mass is 15.4. The summed E-state index contributed by atoms with van der Waals surface area (Å²) in [7, 11) is 4.12. The van der Waals surface area contributed by atoms with Gasteiger partial charge in [0.1, 0.15) is 6.29 Å². The van der Waals surface area contributed by atoms with Crippen LogP contribution in [0.25, 0.3) is 0 Å². The fraction of sp³-hybridized carbons (Fsp3) is 0.312. The quantitative estimate of drug-likeness (QED) is 0.877. The standard InChI is InChI=1S/C16H20N4/c1-11-4-6-12(7-5-11)15-13-10-17-9-8-14(13)18-16(19-15)20(2)3/h4-10,15-16,18-19H,1-3H3. The van der Waals surface area contributed by atoms with Crippen molar-refractivity contribution in [3.05, 3.63) is 59.4 Å². The zero-order valence-corrected chi connectivity index (χ0v) is 12.1. The third-order valence-corrected chi connectivity index (χ3v) is 3.71. The summed E-state index contributed by atoms with van der Waals surface area (Å²) in [6.45, 7) is 2.11. The third kappa shape index (κ3) is 2.40. The Bertz CT molecular complexity index is 592. The van der Waals surface area contributed by atoms with Crippen molar-refractivity contribution in [1.82, 2.24) is 15.2 Å². The molecular formula is C16H20N4. The van der Waals surface area contributed by atoms with Crippen molar-refractivity contribution in [3.63, 3.8) is 0 Å². The van der Waals surface area contributed by atoms with Crippen molar-refractivity contribution in [2.24, 2.45) is 0 Å².